The summed E-state index contributed by atoms with van der Waals surface area (Å²) in [6, 6.07) is 8.31. The number of hydrogen-bond donors (Lipinski definition) is 2. The highest BCUT2D eigenvalue weighted by molar-refractivity contribution is 5.82. The van der Waals surface area contributed by atoms with Crippen molar-refractivity contribution in [2.75, 3.05) is 25.0 Å². The van der Waals surface area contributed by atoms with E-state index in [2.05, 4.69) is 10.6 Å². The van der Waals surface area contributed by atoms with Crippen LogP contribution in [0.25, 0.3) is 10.9 Å². The number of halogens is 1. The number of anilines is 1. The SMILES string of the molecule is O=c1ccc2ccc(NCC3CCCNC3)cc2n1F. The van der Waals surface area contributed by atoms with Crippen molar-refractivity contribution in [3.63, 3.8) is 0 Å². The molecule has 4 nitrogen and oxygen atoms in total. The Labute approximate surface area is 116 Å². The van der Waals surface area contributed by atoms with Crippen molar-refractivity contribution in [2.45, 2.75) is 12.8 Å². The van der Waals surface area contributed by atoms with Crippen molar-refractivity contribution in [2.24, 2.45) is 5.92 Å². The molecule has 1 fully saturated rings. The minimum Gasteiger partial charge on any atom is -0.385 e. The lowest BCUT2D eigenvalue weighted by Gasteiger charge is -2.23. The van der Waals surface area contributed by atoms with Gasteiger partial charge in [0, 0.05) is 23.7 Å². The summed E-state index contributed by atoms with van der Waals surface area (Å²) in [4.78, 5) is 11.5. The molecule has 0 aliphatic carbocycles. The molecule has 1 aromatic heterocycles. The van der Waals surface area contributed by atoms with Crippen molar-refractivity contribution in [3.8, 4) is 0 Å². The van der Waals surface area contributed by atoms with Gasteiger partial charge in [-0.15, -0.1) is 4.79 Å². The van der Waals surface area contributed by atoms with Gasteiger partial charge in [-0.2, -0.15) is 0 Å². The number of pyridine rings is 1. The van der Waals surface area contributed by atoms with Crippen LogP contribution in [0.3, 0.4) is 0 Å². The van der Waals surface area contributed by atoms with E-state index in [9.17, 15) is 9.28 Å². The number of nitrogens with one attached hydrogen (secondary N) is 2. The molecule has 0 amide bonds. The zero-order chi connectivity index (χ0) is 13.9. The van der Waals surface area contributed by atoms with Gasteiger partial charge in [0.1, 0.15) is 0 Å². The Kier molecular flexibility index (Phi) is 3.69. The minimum absolute atomic E-state index is 0.197. The summed E-state index contributed by atoms with van der Waals surface area (Å²) in [5, 5.41) is 7.42. The molecule has 1 atom stereocenters. The third kappa shape index (κ3) is 2.67. The fourth-order valence-corrected chi connectivity index (χ4v) is 2.67. The van der Waals surface area contributed by atoms with Gasteiger partial charge in [0.05, 0.1) is 5.52 Å². The number of hydrogen-bond acceptors (Lipinski definition) is 3. The number of fused-ring (bicyclic) bond motifs is 1. The summed E-state index contributed by atoms with van der Waals surface area (Å²) < 4.78 is 13.7. The molecule has 3 rings (SSSR count). The van der Waals surface area contributed by atoms with Crippen molar-refractivity contribution in [3.05, 3.63) is 40.7 Å². The Bertz CT molecular complexity index is 662. The molecule has 0 saturated carbocycles. The molecular formula is C15H18FN3O. The second kappa shape index (κ2) is 5.63. The Morgan fingerprint density at radius 2 is 2.20 bits per heavy atom. The Balaban J connectivity index is 1.78. The highest BCUT2D eigenvalue weighted by Crippen LogP contribution is 2.19. The van der Waals surface area contributed by atoms with Crippen LogP contribution in [0.4, 0.5) is 10.2 Å². The van der Waals surface area contributed by atoms with Gasteiger partial charge in [0.15, 0.2) is 0 Å². The van der Waals surface area contributed by atoms with Crippen molar-refractivity contribution in [1.29, 1.82) is 0 Å². The summed E-state index contributed by atoms with van der Waals surface area (Å²) >= 11 is 0. The second-order valence-electron chi connectivity index (χ2n) is 5.32. The summed E-state index contributed by atoms with van der Waals surface area (Å²) in [7, 11) is 0. The van der Waals surface area contributed by atoms with Crippen molar-refractivity contribution >= 4 is 16.6 Å². The maximum atomic E-state index is 13.7. The van der Waals surface area contributed by atoms with Crippen LogP contribution in [-0.4, -0.2) is 24.4 Å². The average Bonchev–Trinajstić information content (AvgIpc) is 2.50. The molecule has 2 aromatic rings. The molecule has 1 aromatic carbocycles. The van der Waals surface area contributed by atoms with Crippen LogP contribution >= 0.6 is 0 Å². The fourth-order valence-electron chi connectivity index (χ4n) is 2.67. The first-order chi connectivity index (χ1) is 9.74. The third-order valence-corrected chi connectivity index (χ3v) is 3.83. The highest BCUT2D eigenvalue weighted by Gasteiger charge is 2.12. The van der Waals surface area contributed by atoms with Crippen LogP contribution in [0, 0.1) is 5.92 Å². The van der Waals surface area contributed by atoms with Gasteiger partial charge in [0.2, 0.25) is 0 Å². The van der Waals surface area contributed by atoms with Gasteiger partial charge in [-0.05, 0) is 50.0 Å². The Morgan fingerprint density at radius 1 is 1.35 bits per heavy atom. The Hall–Kier alpha value is -1.88. The lowest BCUT2D eigenvalue weighted by atomic mass is 10.00. The summed E-state index contributed by atoms with van der Waals surface area (Å²) in [5.41, 5.74) is 0.524. The van der Waals surface area contributed by atoms with Crippen molar-refractivity contribution in [1.82, 2.24) is 10.1 Å². The molecule has 1 saturated heterocycles. The van der Waals surface area contributed by atoms with Crippen LogP contribution in [-0.2, 0) is 0 Å². The molecule has 0 spiro atoms. The first kappa shape index (κ1) is 13.1. The fraction of sp³-hybridized carbons (Fsp3) is 0.400. The average molecular weight is 275 g/mol. The zero-order valence-corrected chi connectivity index (χ0v) is 11.2. The van der Waals surface area contributed by atoms with Gasteiger partial charge >= 0.3 is 0 Å². The molecule has 106 valence electrons. The molecule has 1 aliphatic heterocycles. The normalized spacial score (nSPS) is 19.1. The molecule has 1 unspecified atom stereocenters. The van der Waals surface area contributed by atoms with Gasteiger partial charge in [-0.25, -0.2) is 0 Å². The monoisotopic (exact) mass is 275 g/mol. The van der Waals surface area contributed by atoms with Crippen LogP contribution < -0.4 is 16.2 Å². The number of nitrogens with zero attached hydrogens (tertiary/aromatic N) is 1. The number of aromatic nitrogens is 1. The van der Waals surface area contributed by atoms with E-state index < -0.39 is 5.56 Å². The highest BCUT2D eigenvalue weighted by atomic mass is 19.2. The van der Waals surface area contributed by atoms with E-state index >= 15 is 0 Å². The third-order valence-electron chi connectivity index (χ3n) is 3.83. The Morgan fingerprint density at radius 3 is 3.00 bits per heavy atom. The van der Waals surface area contributed by atoms with E-state index in [1.807, 2.05) is 12.1 Å². The topological polar surface area (TPSA) is 46.1 Å². The maximum absolute atomic E-state index is 13.7. The van der Waals surface area contributed by atoms with Crippen LogP contribution in [0.15, 0.2) is 35.1 Å². The van der Waals surface area contributed by atoms with E-state index in [0.29, 0.717) is 11.4 Å². The molecule has 0 radical (unpaired) electrons. The standard InChI is InChI=1S/C15H18FN3O/c16-19-14-8-13(5-3-12(14)4-6-15(19)20)18-10-11-2-1-7-17-9-11/h3-6,8,11,17-18H,1-2,7,9-10H2. The first-order valence-electron chi connectivity index (χ1n) is 7.00. The van der Waals surface area contributed by atoms with E-state index in [4.69, 9.17) is 0 Å². The quantitative estimate of drug-likeness (QED) is 0.902. The first-order valence-corrected chi connectivity index (χ1v) is 7.00. The second-order valence-corrected chi connectivity index (χ2v) is 5.32. The van der Waals surface area contributed by atoms with Crippen LogP contribution in [0.1, 0.15) is 12.8 Å². The number of piperidine rings is 1. The van der Waals surface area contributed by atoms with Crippen LogP contribution in [0.5, 0.6) is 0 Å². The van der Waals surface area contributed by atoms with Gasteiger partial charge in [-0.3, -0.25) is 4.79 Å². The maximum Gasteiger partial charge on any atom is 0.279 e. The van der Waals surface area contributed by atoms with Gasteiger partial charge in [0.25, 0.3) is 5.56 Å². The van der Waals surface area contributed by atoms with E-state index in [-0.39, 0.29) is 4.79 Å². The number of benzene rings is 1. The molecule has 2 N–H and O–H groups in total. The minimum atomic E-state index is -0.633. The smallest absolute Gasteiger partial charge is 0.279 e. The predicted octanol–water partition coefficient (Wildman–Crippen LogP) is 2.15. The molecule has 1 aliphatic rings. The molecule has 2 heterocycles. The van der Waals surface area contributed by atoms with E-state index in [0.717, 1.165) is 30.7 Å². The molecule has 20 heavy (non-hydrogen) atoms. The summed E-state index contributed by atoms with van der Waals surface area (Å²) in [5.74, 6) is 0.600. The zero-order valence-electron chi connectivity index (χ0n) is 11.2. The van der Waals surface area contributed by atoms with Gasteiger partial charge in [-0.1, -0.05) is 10.5 Å². The molecule has 5 heteroatoms. The molecule has 0 bridgehead atoms. The van der Waals surface area contributed by atoms with Gasteiger partial charge < -0.3 is 10.6 Å². The lowest BCUT2D eigenvalue weighted by molar-refractivity contribution is 0.371. The van der Waals surface area contributed by atoms with Crippen molar-refractivity contribution < 1.29 is 4.48 Å². The molecular weight excluding hydrogens is 257 g/mol. The van der Waals surface area contributed by atoms with E-state index in [1.165, 1.54) is 18.9 Å². The van der Waals surface area contributed by atoms with E-state index in [1.54, 1.807) is 12.1 Å². The summed E-state index contributed by atoms with van der Waals surface area (Å²) in [6.45, 7) is 2.98. The number of rotatable bonds is 3. The lowest BCUT2D eigenvalue weighted by Crippen LogP contribution is -2.33. The van der Waals surface area contributed by atoms with Crippen LogP contribution in [0.2, 0.25) is 0 Å². The predicted molar refractivity (Wildman–Crippen MR) is 78.8 cm³/mol. The summed E-state index contributed by atoms with van der Waals surface area (Å²) in [6.07, 6.45) is 2.41. The largest absolute Gasteiger partial charge is 0.385 e.